The van der Waals surface area contributed by atoms with E-state index in [1.807, 2.05) is 42.6 Å². The van der Waals surface area contributed by atoms with E-state index in [1.54, 1.807) is 10.9 Å². The van der Waals surface area contributed by atoms with E-state index < -0.39 is 0 Å². The van der Waals surface area contributed by atoms with Crippen LogP contribution in [0.15, 0.2) is 46.8 Å². The van der Waals surface area contributed by atoms with Crippen molar-refractivity contribution in [1.29, 1.82) is 0 Å². The van der Waals surface area contributed by atoms with Crippen molar-refractivity contribution in [2.45, 2.75) is 19.5 Å². The van der Waals surface area contributed by atoms with Gasteiger partial charge in [0.2, 0.25) is 0 Å². The Balaban J connectivity index is 1.95. The molecule has 3 aromatic rings. The first-order valence-electron chi connectivity index (χ1n) is 6.40. The van der Waals surface area contributed by atoms with Gasteiger partial charge >= 0.3 is 0 Å². The van der Waals surface area contributed by atoms with E-state index in [4.69, 9.17) is 5.73 Å². The van der Waals surface area contributed by atoms with Crippen molar-refractivity contribution < 1.29 is 0 Å². The van der Waals surface area contributed by atoms with Gasteiger partial charge in [-0.3, -0.25) is 9.36 Å². The lowest BCUT2D eigenvalue weighted by atomic mass is 10.0. The highest BCUT2D eigenvalue weighted by molar-refractivity contribution is 7.16. The molecule has 0 saturated carbocycles. The number of rotatable bonds is 3. The van der Waals surface area contributed by atoms with Gasteiger partial charge in [0, 0.05) is 12.6 Å². The van der Waals surface area contributed by atoms with E-state index in [1.165, 1.54) is 11.3 Å². The van der Waals surface area contributed by atoms with Crippen LogP contribution in [0, 0.1) is 6.92 Å². The number of aromatic nitrogens is 2. The van der Waals surface area contributed by atoms with Crippen LogP contribution in [0.3, 0.4) is 0 Å². The Morgan fingerprint density at radius 1 is 1.35 bits per heavy atom. The van der Waals surface area contributed by atoms with Crippen molar-refractivity contribution in [3.63, 3.8) is 0 Å². The van der Waals surface area contributed by atoms with Crippen LogP contribution in [0.2, 0.25) is 0 Å². The highest BCUT2D eigenvalue weighted by Gasteiger charge is 2.12. The first kappa shape index (κ1) is 13.0. The average Bonchev–Trinajstić information content (AvgIpc) is 2.91. The van der Waals surface area contributed by atoms with Crippen molar-refractivity contribution in [2.75, 3.05) is 0 Å². The first-order valence-corrected chi connectivity index (χ1v) is 7.28. The van der Waals surface area contributed by atoms with Gasteiger partial charge in [-0.2, -0.15) is 0 Å². The summed E-state index contributed by atoms with van der Waals surface area (Å²) in [5.41, 5.74) is 8.40. The maximum absolute atomic E-state index is 12.3. The normalized spacial score (nSPS) is 12.7. The maximum Gasteiger partial charge on any atom is 0.262 e. The third kappa shape index (κ3) is 2.26. The maximum atomic E-state index is 12.3. The molecule has 20 heavy (non-hydrogen) atoms. The molecule has 0 bridgehead atoms. The molecule has 0 aliphatic heterocycles. The summed E-state index contributed by atoms with van der Waals surface area (Å²) in [7, 11) is 0. The number of fused-ring (bicyclic) bond motifs is 1. The zero-order chi connectivity index (χ0) is 14.1. The topological polar surface area (TPSA) is 60.9 Å². The van der Waals surface area contributed by atoms with Gasteiger partial charge in [-0.05, 0) is 29.5 Å². The number of thiophene rings is 1. The smallest absolute Gasteiger partial charge is 0.262 e. The second kappa shape index (κ2) is 5.19. The first-order chi connectivity index (χ1) is 9.66. The fraction of sp³-hybridized carbons (Fsp3) is 0.200. The molecule has 0 fully saturated rings. The van der Waals surface area contributed by atoms with Gasteiger partial charge in [0.05, 0.1) is 11.7 Å². The van der Waals surface area contributed by atoms with Crippen LogP contribution in [0.1, 0.15) is 17.2 Å². The molecule has 4 nitrogen and oxygen atoms in total. The van der Waals surface area contributed by atoms with Crippen molar-refractivity contribution in [1.82, 2.24) is 9.55 Å². The summed E-state index contributed by atoms with van der Waals surface area (Å²) >= 11 is 1.47. The summed E-state index contributed by atoms with van der Waals surface area (Å²) in [6, 6.07) is 9.57. The van der Waals surface area contributed by atoms with Crippen LogP contribution in [0.25, 0.3) is 10.2 Å². The predicted molar refractivity (Wildman–Crippen MR) is 82.0 cm³/mol. The molecule has 0 aliphatic carbocycles. The fourth-order valence-corrected chi connectivity index (χ4v) is 3.06. The summed E-state index contributed by atoms with van der Waals surface area (Å²) in [5, 5.41) is 2.54. The minimum Gasteiger partial charge on any atom is -0.322 e. The molecule has 1 atom stereocenters. The van der Waals surface area contributed by atoms with E-state index in [0.717, 1.165) is 16.0 Å². The summed E-state index contributed by atoms with van der Waals surface area (Å²) < 4.78 is 1.59. The minimum absolute atomic E-state index is 0.0275. The van der Waals surface area contributed by atoms with Crippen LogP contribution in [-0.2, 0) is 6.54 Å². The van der Waals surface area contributed by atoms with Gasteiger partial charge in [-0.1, -0.05) is 24.3 Å². The molecule has 2 aromatic heterocycles. The zero-order valence-corrected chi connectivity index (χ0v) is 11.9. The number of benzene rings is 1. The van der Waals surface area contributed by atoms with Crippen LogP contribution in [-0.4, -0.2) is 9.55 Å². The Labute approximate surface area is 120 Å². The molecule has 5 heteroatoms. The van der Waals surface area contributed by atoms with Crippen molar-refractivity contribution >= 4 is 21.6 Å². The van der Waals surface area contributed by atoms with E-state index in [-0.39, 0.29) is 11.6 Å². The van der Waals surface area contributed by atoms with E-state index >= 15 is 0 Å². The Kier molecular flexibility index (Phi) is 3.38. The number of nitrogens with zero attached hydrogens (tertiary/aromatic N) is 2. The SMILES string of the molecule is Cc1ccccc1C(N)Cn1cnc2sccc2c1=O. The lowest BCUT2D eigenvalue weighted by molar-refractivity contribution is 0.556. The number of hydrogen-bond donors (Lipinski definition) is 1. The molecule has 2 N–H and O–H groups in total. The van der Waals surface area contributed by atoms with E-state index in [0.29, 0.717) is 11.9 Å². The van der Waals surface area contributed by atoms with Gasteiger partial charge in [-0.25, -0.2) is 4.98 Å². The lowest BCUT2D eigenvalue weighted by Gasteiger charge is -2.15. The Hall–Kier alpha value is -1.98. The second-order valence-corrected chi connectivity index (χ2v) is 5.70. The monoisotopic (exact) mass is 285 g/mol. The summed E-state index contributed by atoms with van der Waals surface area (Å²) in [4.78, 5) is 17.4. The van der Waals surface area contributed by atoms with Crippen molar-refractivity contribution in [3.8, 4) is 0 Å². The predicted octanol–water partition coefficient (Wildman–Crippen LogP) is 2.47. The Bertz CT molecular complexity index is 806. The quantitative estimate of drug-likeness (QED) is 0.804. The van der Waals surface area contributed by atoms with Crippen molar-refractivity contribution in [3.05, 3.63) is 63.5 Å². The minimum atomic E-state index is -0.216. The number of aryl methyl sites for hydroxylation is 1. The molecule has 0 saturated heterocycles. The molecule has 2 heterocycles. The van der Waals surface area contributed by atoms with Gasteiger partial charge in [0.1, 0.15) is 4.83 Å². The Morgan fingerprint density at radius 3 is 2.95 bits per heavy atom. The van der Waals surface area contributed by atoms with Crippen molar-refractivity contribution in [2.24, 2.45) is 5.73 Å². The average molecular weight is 285 g/mol. The molecular formula is C15H15N3OS. The molecule has 0 spiro atoms. The highest BCUT2D eigenvalue weighted by Crippen LogP contribution is 2.17. The van der Waals surface area contributed by atoms with Crippen LogP contribution in [0.4, 0.5) is 0 Å². The summed E-state index contributed by atoms with van der Waals surface area (Å²) in [5.74, 6) is 0. The van der Waals surface area contributed by atoms with Gasteiger partial charge in [0.15, 0.2) is 0 Å². The molecule has 0 amide bonds. The highest BCUT2D eigenvalue weighted by atomic mass is 32.1. The van der Waals surface area contributed by atoms with E-state index in [2.05, 4.69) is 4.98 Å². The van der Waals surface area contributed by atoms with E-state index in [9.17, 15) is 4.79 Å². The number of hydrogen-bond acceptors (Lipinski definition) is 4. The molecular weight excluding hydrogens is 270 g/mol. The second-order valence-electron chi connectivity index (χ2n) is 4.80. The lowest BCUT2D eigenvalue weighted by Crippen LogP contribution is -2.27. The van der Waals surface area contributed by atoms with Gasteiger partial charge < -0.3 is 5.73 Å². The fourth-order valence-electron chi connectivity index (χ4n) is 2.34. The molecule has 1 unspecified atom stereocenters. The Morgan fingerprint density at radius 2 is 2.15 bits per heavy atom. The van der Waals surface area contributed by atoms with Gasteiger partial charge in [0.25, 0.3) is 5.56 Å². The molecule has 0 radical (unpaired) electrons. The van der Waals surface area contributed by atoms with Crippen LogP contribution < -0.4 is 11.3 Å². The molecule has 3 rings (SSSR count). The largest absolute Gasteiger partial charge is 0.322 e. The third-order valence-corrected chi connectivity index (χ3v) is 4.25. The molecule has 102 valence electrons. The van der Waals surface area contributed by atoms with Gasteiger partial charge in [-0.15, -0.1) is 11.3 Å². The standard InChI is InChI=1S/C15H15N3OS/c1-10-4-2-3-5-11(10)13(16)8-18-9-17-14-12(15(18)19)6-7-20-14/h2-7,9,13H,8,16H2,1H3. The summed E-state index contributed by atoms with van der Waals surface area (Å²) in [6.07, 6.45) is 1.58. The zero-order valence-electron chi connectivity index (χ0n) is 11.1. The third-order valence-electron chi connectivity index (χ3n) is 3.43. The summed E-state index contributed by atoms with van der Waals surface area (Å²) in [6.45, 7) is 2.46. The molecule has 1 aromatic carbocycles. The molecule has 0 aliphatic rings. The van der Waals surface area contributed by atoms with Crippen LogP contribution >= 0.6 is 11.3 Å². The van der Waals surface area contributed by atoms with Crippen LogP contribution in [0.5, 0.6) is 0 Å². The number of nitrogens with two attached hydrogens (primary N) is 1.